The van der Waals surface area contributed by atoms with Gasteiger partial charge >= 0.3 is 0 Å². The predicted octanol–water partition coefficient (Wildman–Crippen LogP) is 3.73. The van der Waals surface area contributed by atoms with E-state index < -0.39 is 5.82 Å². The van der Waals surface area contributed by atoms with Crippen molar-refractivity contribution >= 4 is 17.3 Å². The first-order valence-corrected chi connectivity index (χ1v) is 5.41. The lowest BCUT2D eigenvalue weighted by Crippen LogP contribution is -1.94. The number of benzene rings is 2. The normalized spacial score (nSPS) is 9.83. The summed E-state index contributed by atoms with van der Waals surface area (Å²) in [5, 5.41) is 8.67. The molecular formula is C13H8ClFN2O. The van der Waals surface area contributed by atoms with E-state index in [0.717, 1.165) is 0 Å². The van der Waals surface area contributed by atoms with Gasteiger partial charge in [-0.3, -0.25) is 0 Å². The molecule has 0 aromatic heterocycles. The molecule has 0 bridgehead atoms. The maximum absolute atomic E-state index is 13.6. The van der Waals surface area contributed by atoms with Crippen molar-refractivity contribution in [3.8, 4) is 17.6 Å². The highest BCUT2D eigenvalue weighted by molar-refractivity contribution is 6.30. The number of hydrogen-bond acceptors (Lipinski definition) is 3. The van der Waals surface area contributed by atoms with Crippen molar-refractivity contribution in [2.75, 3.05) is 5.73 Å². The van der Waals surface area contributed by atoms with Gasteiger partial charge in [0, 0.05) is 0 Å². The molecule has 0 saturated heterocycles. The number of hydrogen-bond donors (Lipinski definition) is 1. The molecule has 0 heterocycles. The van der Waals surface area contributed by atoms with Gasteiger partial charge in [-0.1, -0.05) is 17.7 Å². The fourth-order valence-corrected chi connectivity index (χ4v) is 1.56. The Kier molecular flexibility index (Phi) is 3.35. The molecule has 5 heteroatoms. The van der Waals surface area contributed by atoms with Crippen molar-refractivity contribution in [3.63, 3.8) is 0 Å². The van der Waals surface area contributed by atoms with E-state index in [0.29, 0.717) is 5.56 Å². The highest BCUT2D eigenvalue weighted by atomic mass is 35.5. The Bertz CT molecular complexity index is 637. The lowest BCUT2D eigenvalue weighted by Gasteiger charge is -2.09. The van der Waals surface area contributed by atoms with Crippen molar-refractivity contribution in [2.24, 2.45) is 0 Å². The number of anilines is 1. The summed E-state index contributed by atoms with van der Waals surface area (Å²) in [6.07, 6.45) is 0. The van der Waals surface area contributed by atoms with Gasteiger partial charge in [0.05, 0.1) is 22.3 Å². The van der Waals surface area contributed by atoms with E-state index in [1.54, 1.807) is 6.07 Å². The molecule has 0 radical (unpaired) electrons. The lowest BCUT2D eigenvalue weighted by molar-refractivity contribution is 0.444. The molecule has 2 N–H and O–H groups in total. The first-order valence-electron chi connectivity index (χ1n) is 5.03. The van der Waals surface area contributed by atoms with Crippen LogP contribution < -0.4 is 10.5 Å². The quantitative estimate of drug-likeness (QED) is 0.839. The van der Waals surface area contributed by atoms with Gasteiger partial charge in [0.1, 0.15) is 0 Å². The first kappa shape index (κ1) is 12.2. The number of rotatable bonds is 2. The van der Waals surface area contributed by atoms with E-state index in [9.17, 15) is 4.39 Å². The molecule has 0 aliphatic carbocycles. The van der Waals surface area contributed by atoms with E-state index in [1.165, 1.54) is 30.3 Å². The van der Waals surface area contributed by atoms with E-state index >= 15 is 0 Å². The molecule has 0 amide bonds. The van der Waals surface area contributed by atoms with Crippen molar-refractivity contribution < 1.29 is 9.13 Å². The summed E-state index contributed by atoms with van der Waals surface area (Å²) >= 11 is 5.64. The van der Waals surface area contributed by atoms with Gasteiger partial charge in [0.2, 0.25) is 0 Å². The topological polar surface area (TPSA) is 59.0 Å². The second-order valence-electron chi connectivity index (χ2n) is 3.52. The summed E-state index contributed by atoms with van der Waals surface area (Å²) in [4.78, 5) is 0. The van der Waals surface area contributed by atoms with Crippen LogP contribution in [0.2, 0.25) is 5.02 Å². The van der Waals surface area contributed by atoms with Crippen LogP contribution in [0.15, 0.2) is 36.4 Å². The third kappa shape index (κ3) is 2.36. The van der Waals surface area contributed by atoms with Gasteiger partial charge in [0.15, 0.2) is 17.3 Å². The summed E-state index contributed by atoms with van der Waals surface area (Å²) in [5.74, 6) is -0.392. The minimum absolute atomic E-state index is 0.0149. The fourth-order valence-electron chi connectivity index (χ4n) is 1.39. The molecule has 18 heavy (non-hydrogen) atoms. The molecular weight excluding hydrogens is 255 g/mol. The van der Waals surface area contributed by atoms with E-state index in [2.05, 4.69) is 0 Å². The standard InChI is InChI=1S/C13H8ClFN2O/c14-9-2-1-3-12(13(9)15)18-11-5-4-8(7-16)6-10(11)17/h1-6H,17H2. The Labute approximate surface area is 108 Å². The number of nitrogens with zero attached hydrogens (tertiary/aromatic N) is 1. The smallest absolute Gasteiger partial charge is 0.184 e. The zero-order chi connectivity index (χ0) is 13.1. The Hall–Kier alpha value is -2.25. The molecule has 2 aromatic carbocycles. The Morgan fingerprint density at radius 2 is 2.00 bits per heavy atom. The van der Waals surface area contributed by atoms with Crippen LogP contribution in [0.3, 0.4) is 0 Å². The molecule has 90 valence electrons. The molecule has 0 fully saturated rings. The largest absolute Gasteiger partial charge is 0.452 e. The molecule has 0 unspecified atom stereocenters. The van der Waals surface area contributed by atoms with E-state index in [-0.39, 0.29) is 22.2 Å². The van der Waals surface area contributed by atoms with Gasteiger partial charge in [0.25, 0.3) is 0 Å². The maximum atomic E-state index is 13.6. The Morgan fingerprint density at radius 3 is 2.67 bits per heavy atom. The average Bonchev–Trinajstić information content (AvgIpc) is 2.37. The Morgan fingerprint density at radius 1 is 1.22 bits per heavy atom. The van der Waals surface area contributed by atoms with Crippen molar-refractivity contribution in [1.29, 1.82) is 5.26 Å². The van der Waals surface area contributed by atoms with Crippen LogP contribution in [0.4, 0.5) is 10.1 Å². The monoisotopic (exact) mass is 262 g/mol. The maximum Gasteiger partial charge on any atom is 0.184 e. The van der Waals surface area contributed by atoms with Crippen molar-refractivity contribution in [3.05, 3.63) is 52.8 Å². The van der Waals surface area contributed by atoms with Crippen molar-refractivity contribution in [2.45, 2.75) is 0 Å². The first-order chi connectivity index (χ1) is 8.61. The highest BCUT2D eigenvalue weighted by Crippen LogP contribution is 2.32. The molecule has 2 rings (SSSR count). The highest BCUT2D eigenvalue weighted by Gasteiger charge is 2.10. The third-order valence-corrected chi connectivity index (χ3v) is 2.57. The van der Waals surface area contributed by atoms with Gasteiger partial charge in [-0.25, -0.2) is 4.39 Å². The third-order valence-electron chi connectivity index (χ3n) is 2.27. The lowest BCUT2D eigenvalue weighted by atomic mass is 10.2. The number of halogens is 2. The minimum Gasteiger partial charge on any atom is -0.452 e. The molecule has 0 aliphatic rings. The zero-order valence-corrected chi connectivity index (χ0v) is 9.91. The zero-order valence-electron chi connectivity index (χ0n) is 9.15. The van der Waals surface area contributed by atoms with Crippen LogP contribution in [-0.4, -0.2) is 0 Å². The van der Waals surface area contributed by atoms with Crippen LogP contribution in [-0.2, 0) is 0 Å². The second-order valence-corrected chi connectivity index (χ2v) is 3.93. The molecule has 0 aliphatic heterocycles. The van der Waals surface area contributed by atoms with Crippen LogP contribution in [0.1, 0.15) is 5.56 Å². The average molecular weight is 263 g/mol. The van der Waals surface area contributed by atoms with Crippen molar-refractivity contribution in [1.82, 2.24) is 0 Å². The van der Waals surface area contributed by atoms with Gasteiger partial charge in [-0.05, 0) is 30.3 Å². The fraction of sp³-hybridized carbons (Fsp3) is 0. The number of nitrogens with two attached hydrogens (primary N) is 1. The molecule has 0 atom stereocenters. The summed E-state index contributed by atoms with van der Waals surface area (Å²) in [6.45, 7) is 0. The number of nitriles is 1. The SMILES string of the molecule is N#Cc1ccc(Oc2cccc(Cl)c2F)c(N)c1. The summed E-state index contributed by atoms with van der Waals surface area (Å²) < 4.78 is 18.9. The number of ether oxygens (including phenoxy) is 1. The number of nitrogen functional groups attached to an aromatic ring is 1. The molecule has 0 spiro atoms. The van der Waals surface area contributed by atoms with E-state index in [4.69, 9.17) is 27.3 Å². The second kappa shape index (κ2) is 4.94. The summed E-state index contributed by atoms with van der Waals surface area (Å²) in [7, 11) is 0. The van der Waals surface area contributed by atoms with Crippen LogP contribution >= 0.6 is 11.6 Å². The molecule has 0 saturated carbocycles. The Balaban J connectivity index is 2.35. The van der Waals surface area contributed by atoms with Gasteiger partial charge in [-0.15, -0.1) is 0 Å². The summed E-state index contributed by atoms with van der Waals surface area (Å²) in [6, 6.07) is 10.9. The summed E-state index contributed by atoms with van der Waals surface area (Å²) in [5.41, 5.74) is 6.37. The van der Waals surface area contributed by atoms with Gasteiger partial charge in [-0.2, -0.15) is 5.26 Å². The van der Waals surface area contributed by atoms with Gasteiger partial charge < -0.3 is 10.5 Å². The van der Waals surface area contributed by atoms with Crippen LogP contribution in [0.5, 0.6) is 11.5 Å². The minimum atomic E-state index is -0.650. The van der Waals surface area contributed by atoms with Crippen LogP contribution in [0, 0.1) is 17.1 Å². The van der Waals surface area contributed by atoms with Crippen LogP contribution in [0.25, 0.3) is 0 Å². The molecule has 3 nitrogen and oxygen atoms in total. The van der Waals surface area contributed by atoms with E-state index in [1.807, 2.05) is 6.07 Å². The predicted molar refractivity (Wildman–Crippen MR) is 67.1 cm³/mol. The molecule has 2 aromatic rings.